The maximum Gasteiger partial charge on any atom is 0.336 e. The molecule has 3 aromatic rings. The highest BCUT2D eigenvalue weighted by atomic mass is 35.5. The van der Waals surface area contributed by atoms with Gasteiger partial charge in [-0.3, -0.25) is 0 Å². The fourth-order valence-corrected chi connectivity index (χ4v) is 5.24. The van der Waals surface area contributed by atoms with Crippen LogP contribution in [0.1, 0.15) is 41.9 Å². The third kappa shape index (κ3) is 6.99. The molecule has 1 atom stereocenters. The van der Waals surface area contributed by atoms with Crippen LogP contribution in [0.4, 0.5) is 0 Å². The maximum atomic E-state index is 13.8. The van der Waals surface area contributed by atoms with Crippen LogP contribution in [-0.2, 0) is 19.1 Å². The summed E-state index contributed by atoms with van der Waals surface area (Å²) in [5.74, 6) is -2.74. The number of carbonyl (C=O) groups excluding carboxylic acids is 1. The number of nitrogens with one attached hydrogen (secondary N) is 1. The summed E-state index contributed by atoms with van der Waals surface area (Å²) < 4.78 is 11.4. The standard InChI is InChI=1S/C32H32ClNO6/c1-21-28(31(36)37)29(24-13-8-14-25(33)19-24)30(27(34-21)20-39-18-16-35)32(38)40-17-15-26(22-9-4-2-5-10-22)23-11-6-3-7-12-23/h2-14,19,26,29,34-35H,15-18,20H2,1H3,(H,36,37). The molecule has 0 radical (unpaired) electrons. The Morgan fingerprint density at radius 1 is 0.925 bits per heavy atom. The van der Waals surface area contributed by atoms with E-state index in [0.29, 0.717) is 28.4 Å². The van der Waals surface area contributed by atoms with Crippen molar-refractivity contribution in [3.8, 4) is 0 Å². The molecule has 0 saturated heterocycles. The monoisotopic (exact) mass is 561 g/mol. The van der Waals surface area contributed by atoms with Gasteiger partial charge < -0.3 is 25.0 Å². The predicted octanol–water partition coefficient (Wildman–Crippen LogP) is 5.41. The van der Waals surface area contributed by atoms with Crippen LogP contribution in [0, 0.1) is 0 Å². The van der Waals surface area contributed by atoms with E-state index < -0.39 is 17.9 Å². The smallest absolute Gasteiger partial charge is 0.336 e. The van der Waals surface area contributed by atoms with Gasteiger partial charge in [0.05, 0.1) is 49.2 Å². The average Bonchev–Trinajstić information content (AvgIpc) is 2.95. The third-order valence-electron chi connectivity index (χ3n) is 6.80. The van der Waals surface area contributed by atoms with E-state index >= 15 is 0 Å². The lowest BCUT2D eigenvalue weighted by Gasteiger charge is -2.31. The molecule has 0 amide bonds. The molecule has 3 N–H and O–H groups in total. The molecule has 0 aliphatic carbocycles. The molecule has 3 aromatic carbocycles. The normalized spacial score (nSPS) is 15.2. The minimum Gasteiger partial charge on any atom is -0.478 e. The van der Waals surface area contributed by atoms with Crippen molar-refractivity contribution in [2.24, 2.45) is 0 Å². The molecule has 0 saturated carbocycles. The first kappa shape index (κ1) is 29.1. The van der Waals surface area contributed by atoms with Crippen molar-refractivity contribution in [2.75, 3.05) is 26.4 Å². The van der Waals surface area contributed by atoms with Crippen molar-refractivity contribution in [1.82, 2.24) is 5.32 Å². The number of aliphatic hydroxyl groups is 1. The number of esters is 1. The summed E-state index contributed by atoms with van der Waals surface area (Å²) >= 11 is 6.26. The number of allylic oxidation sites excluding steroid dienone is 1. The second-order valence-electron chi connectivity index (χ2n) is 9.42. The van der Waals surface area contributed by atoms with Crippen LogP contribution in [0.2, 0.25) is 5.02 Å². The quantitative estimate of drug-likeness (QED) is 0.200. The molecule has 1 unspecified atom stereocenters. The molecule has 7 nitrogen and oxygen atoms in total. The largest absolute Gasteiger partial charge is 0.478 e. The Morgan fingerprint density at radius 3 is 2.15 bits per heavy atom. The number of hydrogen-bond donors (Lipinski definition) is 3. The van der Waals surface area contributed by atoms with E-state index in [-0.39, 0.29) is 43.5 Å². The van der Waals surface area contributed by atoms with Gasteiger partial charge in [-0.1, -0.05) is 84.4 Å². The highest BCUT2D eigenvalue weighted by molar-refractivity contribution is 6.30. The van der Waals surface area contributed by atoms with Gasteiger partial charge in [-0.05, 0) is 42.2 Å². The number of carbonyl (C=O) groups is 2. The molecular weight excluding hydrogens is 530 g/mol. The Balaban J connectivity index is 1.65. The summed E-state index contributed by atoms with van der Waals surface area (Å²) in [5, 5.41) is 22.8. The van der Waals surface area contributed by atoms with Gasteiger partial charge in [-0.15, -0.1) is 0 Å². The maximum absolute atomic E-state index is 13.8. The molecule has 40 heavy (non-hydrogen) atoms. The summed E-state index contributed by atoms with van der Waals surface area (Å²) in [6.45, 7) is 1.57. The van der Waals surface area contributed by atoms with Gasteiger partial charge in [0.2, 0.25) is 0 Å². The first-order valence-electron chi connectivity index (χ1n) is 13.1. The summed E-state index contributed by atoms with van der Waals surface area (Å²) in [6, 6.07) is 26.8. The number of dihydropyridines is 1. The van der Waals surface area contributed by atoms with Crippen LogP contribution in [0.25, 0.3) is 0 Å². The van der Waals surface area contributed by atoms with Crippen molar-refractivity contribution in [1.29, 1.82) is 0 Å². The van der Waals surface area contributed by atoms with E-state index in [9.17, 15) is 19.8 Å². The lowest BCUT2D eigenvalue weighted by molar-refractivity contribution is -0.139. The third-order valence-corrected chi connectivity index (χ3v) is 7.04. The van der Waals surface area contributed by atoms with E-state index in [1.54, 1.807) is 31.2 Å². The number of aliphatic carboxylic acids is 1. The minimum absolute atomic E-state index is 0.00136. The number of halogens is 1. The SMILES string of the molecule is CC1=C(C(=O)O)C(c2cccc(Cl)c2)C(C(=O)OCCC(c2ccccc2)c2ccccc2)=C(COCCO)N1. The van der Waals surface area contributed by atoms with E-state index in [1.165, 1.54) is 0 Å². The molecule has 0 fully saturated rings. The molecular formula is C32H32ClNO6. The van der Waals surface area contributed by atoms with Crippen LogP contribution in [0.5, 0.6) is 0 Å². The second kappa shape index (κ2) is 13.9. The van der Waals surface area contributed by atoms with Gasteiger partial charge in [-0.2, -0.15) is 0 Å². The van der Waals surface area contributed by atoms with Crippen LogP contribution < -0.4 is 5.32 Å². The summed E-state index contributed by atoms with van der Waals surface area (Å²) in [5.41, 5.74) is 3.67. The van der Waals surface area contributed by atoms with Gasteiger partial charge in [0.15, 0.2) is 0 Å². The number of rotatable bonds is 12. The fraction of sp³-hybridized carbons (Fsp3) is 0.250. The number of aliphatic hydroxyl groups excluding tert-OH is 1. The van der Waals surface area contributed by atoms with E-state index in [1.807, 2.05) is 60.7 Å². The lowest BCUT2D eigenvalue weighted by Crippen LogP contribution is -2.34. The topological polar surface area (TPSA) is 105 Å². The van der Waals surface area contributed by atoms with Crippen LogP contribution in [-0.4, -0.2) is 48.6 Å². The van der Waals surface area contributed by atoms with Gasteiger partial charge in [0.25, 0.3) is 0 Å². The van der Waals surface area contributed by atoms with Crippen molar-refractivity contribution in [2.45, 2.75) is 25.2 Å². The molecule has 8 heteroatoms. The fourth-order valence-electron chi connectivity index (χ4n) is 5.04. The number of benzene rings is 3. The van der Waals surface area contributed by atoms with Crippen LogP contribution in [0.15, 0.2) is 107 Å². The Morgan fingerprint density at radius 2 is 1.57 bits per heavy atom. The summed E-state index contributed by atoms with van der Waals surface area (Å²) in [6.07, 6.45) is 0.527. The Hall–Kier alpha value is -3.91. The zero-order chi connectivity index (χ0) is 28.5. The van der Waals surface area contributed by atoms with Crippen molar-refractivity contribution < 1.29 is 29.3 Å². The molecule has 1 aliphatic rings. The first-order valence-corrected chi connectivity index (χ1v) is 13.4. The molecule has 4 rings (SSSR count). The molecule has 0 bridgehead atoms. The van der Waals surface area contributed by atoms with E-state index in [0.717, 1.165) is 11.1 Å². The number of ether oxygens (including phenoxy) is 2. The Bertz CT molecular complexity index is 1350. The van der Waals surface area contributed by atoms with Crippen LogP contribution in [0.3, 0.4) is 0 Å². The van der Waals surface area contributed by atoms with Gasteiger partial charge in [0, 0.05) is 16.6 Å². The summed E-state index contributed by atoms with van der Waals surface area (Å²) in [7, 11) is 0. The first-order chi connectivity index (χ1) is 19.4. The van der Waals surface area contributed by atoms with Crippen LogP contribution >= 0.6 is 11.6 Å². The predicted molar refractivity (Wildman–Crippen MR) is 153 cm³/mol. The minimum atomic E-state index is -1.16. The van der Waals surface area contributed by atoms with E-state index in [4.69, 9.17) is 21.1 Å². The zero-order valence-corrected chi connectivity index (χ0v) is 22.9. The highest BCUT2D eigenvalue weighted by Gasteiger charge is 2.38. The number of carboxylic acid groups (broad SMARTS) is 1. The highest BCUT2D eigenvalue weighted by Crippen LogP contribution is 2.40. The number of carboxylic acids is 1. The second-order valence-corrected chi connectivity index (χ2v) is 9.86. The molecule has 0 aromatic heterocycles. The van der Waals surface area contributed by atoms with Crippen molar-refractivity contribution in [3.63, 3.8) is 0 Å². The van der Waals surface area contributed by atoms with E-state index in [2.05, 4.69) is 5.32 Å². The average molecular weight is 562 g/mol. The molecule has 1 heterocycles. The molecule has 1 aliphatic heterocycles. The zero-order valence-electron chi connectivity index (χ0n) is 22.2. The Kier molecular flexibility index (Phi) is 10.1. The molecule has 208 valence electrons. The van der Waals surface area contributed by atoms with Gasteiger partial charge >= 0.3 is 11.9 Å². The van der Waals surface area contributed by atoms with Crippen molar-refractivity contribution in [3.05, 3.63) is 129 Å². The Labute approximate surface area is 238 Å². The van der Waals surface area contributed by atoms with Crippen molar-refractivity contribution >= 4 is 23.5 Å². The molecule has 0 spiro atoms. The summed E-state index contributed by atoms with van der Waals surface area (Å²) in [4.78, 5) is 26.2. The number of hydrogen-bond acceptors (Lipinski definition) is 6. The van der Waals surface area contributed by atoms with Gasteiger partial charge in [-0.25, -0.2) is 9.59 Å². The van der Waals surface area contributed by atoms with Gasteiger partial charge in [0.1, 0.15) is 0 Å². The lowest BCUT2D eigenvalue weighted by atomic mass is 9.80.